The van der Waals surface area contributed by atoms with Crippen LogP contribution in [0, 0.1) is 0 Å². The Morgan fingerprint density at radius 2 is 1.34 bits per heavy atom. The predicted octanol–water partition coefficient (Wildman–Crippen LogP) is 8.31. The van der Waals surface area contributed by atoms with Gasteiger partial charge in [-0.15, -0.1) is 0 Å². The molecule has 35 heavy (non-hydrogen) atoms. The molecule has 4 heteroatoms. The number of rotatable bonds is 6. The minimum Gasteiger partial charge on any atom is -0.453 e. The molecular formula is C31H28N2O2. The Labute approximate surface area is 205 Å². The van der Waals surface area contributed by atoms with Gasteiger partial charge in [0.1, 0.15) is 0 Å². The third-order valence-electron chi connectivity index (χ3n) is 6.88. The molecule has 0 fully saturated rings. The lowest BCUT2D eigenvalue weighted by Crippen LogP contribution is -2.17. The van der Waals surface area contributed by atoms with Crippen LogP contribution in [0.5, 0.6) is 11.5 Å². The highest BCUT2D eigenvalue weighted by Crippen LogP contribution is 2.50. The van der Waals surface area contributed by atoms with E-state index in [0.29, 0.717) is 0 Å². The van der Waals surface area contributed by atoms with E-state index in [1.54, 1.807) is 0 Å². The van der Waals surface area contributed by atoms with Crippen molar-refractivity contribution in [2.75, 3.05) is 4.90 Å². The normalized spacial score (nSPS) is 12.4. The number of fused-ring (bicyclic) bond motifs is 4. The third kappa shape index (κ3) is 3.66. The second-order valence-corrected chi connectivity index (χ2v) is 9.13. The van der Waals surface area contributed by atoms with Gasteiger partial charge in [-0.25, -0.2) is 0 Å². The van der Waals surface area contributed by atoms with E-state index < -0.39 is 0 Å². The van der Waals surface area contributed by atoms with Crippen LogP contribution >= 0.6 is 0 Å². The number of anilines is 3. The Bertz CT molecular complexity index is 1560. The largest absolute Gasteiger partial charge is 0.453 e. The fraction of sp³-hybridized carbons (Fsp3) is 0.194. The molecule has 1 aromatic heterocycles. The molecule has 0 radical (unpaired) electrons. The van der Waals surface area contributed by atoms with E-state index >= 15 is 0 Å². The van der Waals surface area contributed by atoms with Crippen LogP contribution in [0.15, 0.2) is 95.8 Å². The number of unbranched alkanes of at least 4 members (excludes halogenated alkanes) is 3. The van der Waals surface area contributed by atoms with Gasteiger partial charge in [-0.1, -0.05) is 62.6 Å². The van der Waals surface area contributed by atoms with Crippen molar-refractivity contribution >= 4 is 38.9 Å². The van der Waals surface area contributed by atoms with Crippen LogP contribution in [0.1, 0.15) is 32.6 Å². The quantitative estimate of drug-likeness (QED) is 0.185. The molecule has 4 aromatic carbocycles. The van der Waals surface area contributed by atoms with Crippen molar-refractivity contribution in [3.63, 3.8) is 0 Å². The highest BCUT2D eigenvalue weighted by atomic mass is 16.5. The smallest absolute Gasteiger partial charge is 0.197 e. The van der Waals surface area contributed by atoms with Crippen LogP contribution < -0.4 is 15.1 Å². The van der Waals surface area contributed by atoms with Gasteiger partial charge in [-0.3, -0.25) is 4.79 Å². The Balaban J connectivity index is 1.58. The molecule has 0 spiro atoms. The molecule has 174 valence electrons. The molecule has 1 aliphatic heterocycles. The molecule has 1 aliphatic rings. The van der Waals surface area contributed by atoms with Crippen LogP contribution in [0.3, 0.4) is 0 Å². The first-order chi connectivity index (χ1) is 17.3. The van der Waals surface area contributed by atoms with Crippen molar-refractivity contribution < 1.29 is 4.74 Å². The number of benzene rings is 4. The van der Waals surface area contributed by atoms with Gasteiger partial charge in [0.05, 0.1) is 22.4 Å². The standard InChI is InChI=1S/C31H28N2O2/c1-2-3-4-11-20-32-25-13-6-5-12-23(25)31(34)24-19-18-22(21-28(24)32)33-26-14-7-9-16-29(26)35-30-17-10-8-15-27(30)33/h5-10,12-19,21H,2-4,11,20H2,1H3. The fourth-order valence-corrected chi connectivity index (χ4v) is 5.17. The number of ether oxygens (including phenoxy) is 1. The Morgan fingerprint density at radius 3 is 2.09 bits per heavy atom. The molecule has 5 aromatic rings. The first kappa shape index (κ1) is 21.5. The van der Waals surface area contributed by atoms with Gasteiger partial charge in [0, 0.05) is 23.0 Å². The molecule has 0 N–H and O–H groups in total. The number of para-hydroxylation sites is 5. The summed E-state index contributed by atoms with van der Waals surface area (Å²) in [7, 11) is 0. The van der Waals surface area contributed by atoms with Crippen LogP contribution in [0.4, 0.5) is 17.1 Å². The summed E-state index contributed by atoms with van der Waals surface area (Å²) in [5, 5.41) is 1.54. The van der Waals surface area contributed by atoms with Crippen molar-refractivity contribution in [1.82, 2.24) is 4.57 Å². The average molecular weight is 461 g/mol. The summed E-state index contributed by atoms with van der Waals surface area (Å²) in [6.07, 6.45) is 4.69. The molecule has 0 unspecified atom stereocenters. The van der Waals surface area contributed by atoms with Gasteiger partial charge in [-0.05, 0) is 61.0 Å². The number of aryl methyl sites for hydroxylation is 1. The summed E-state index contributed by atoms with van der Waals surface area (Å²) in [5.41, 5.74) is 5.06. The lowest BCUT2D eigenvalue weighted by atomic mass is 10.1. The highest BCUT2D eigenvalue weighted by Gasteiger charge is 2.25. The maximum Gasteiger partial charge on any atom is 0.197 e. The average Bonchev–Trinajstić information content (AvgIpc) is 2.91. The number of hydrogen-bond donors (Lipinski definition) is 0. The van der Waals surface area contributed by atoms with E-state index in [2.05, 4.69) is 46.7 Å². The Kier molecular flexibility index (Phi) is 5.49. The fourth-order valence-electron chi connectivity index (χ4n) is 5.17. The van der Waals surface area contributed by atoms with E-state index in [9.17, 15) is 4.79 Å². The van der Waals surface area contributed by atoms with E-state index in [1.165, 1.54) is 19.3 Å². The molecule has 0 atom stereocenters. The van der Waals surface area contributed by atoms with Crippen LogP contribution in [-0.4, -0.2) is 4.57 Å². The van der Waals surface area contributed by atoms with Crippen molar-refractivity contribution in [3.05, 3.63) is 101 Å². The number of aromatic nitrogens is 1. The molecule has 0 saturated carbocycles. The lowest BCUT2D eigenvalue weighted by Gasteiger charge is -2.33. The first-order valence-electron chi connectivity index (χ1n) is 12.5. The monoisotopic (exact) mass is 460 g/mol. The van der Waals surface area contributed by atoms with Crippen molar-refractivity contribution in [1.29, 1.82) is 0 Å². The summed E-state index contributed by atoms with van der Waals surface area (Å²) in [6, 6.07) is 30.4. The molecule has 0 saturated heterocycles. The first-order valence-corrected chi connectivity index (χ1v) is 12.5. The van der Waals surface area contributed by atoms with Crippen LogP contribution in [-0.2, 0) is 6.54 Å². The molecule has 0 aliphatic carbocycles. The van der Waals surface area contributed by atoms with Gasteiger partial charge in [-0.2, -0.15) is 0 Å². The zero-order chi connectivity index (χ0) is 23.8. The van der Waals surface area contributed by atoms with E-state index in [1.807, 2.05) is 60.7 Å². The second kappa shape index (κ2) is 8.95. The summed E-state index contributed by atoms with van der Waals surface area (Å²) in [4.78, 5) is 15.7. The third-order valence-corrected chi connectivity index (χ3v) is 6.88. The number of nitrogens with zero attached hydrogens (tertiary/aromatic N) is 2. The maximum absolute atomic E-state index is 13.5. The minimum atomic E-state index is 0.0923. The molecule has 4 nitrogen and oxygen atoms in total. The summed E-state index contributed by atoms with van der Waals surface area (Å²) in [5.74, 6) is 1.64. The van der Waals surface area contributed by atoms with Gasteiger partial charge >= 0.3 is 0 Å². The molecule has 0 amide bonds. The van der Waals surface area contributed by atoms with Crippen LogP contribution in [0.25, 0.3) is 21.8 Å². The zero-order valence-corrected chi connectivity index (χ0v) is 19.9. The van der Waals surface area contributed by atoms with Crippen LogP contribution in [0.2, 0.25) is 0 Å². The van der Waals surface area contributed by atoms with Crippen molar-refractivity contribution in [2.24, 2.45) is 0 Å². The van der Waals surface area contributed by atoms with Gasteiger partial charge in [0.15, 0.2) is 16.9 Å². The van der Waals surface area contributed by atoms with Crippen molar-refractivity contribution in [2.45, 2.75) is 39.2 Å². The second-order valence-electron chi connectivity index (χ2n) is 9.13. The molecular weight excluding hydrogens is 432 g/mol. The van der Waals surface area contributed by atoms with E-state index in [4.69, 9.17) is 4.74 Å². The Morgan fingerprint density at radius 1 is 0.686 bits per heavy atom. The molecule has 6 rings (SSSR count). The summed E-state index contributed by atoms with van der Waals surface area (Å²) in [6.45, 7) is 3.12. The lowest BCUT2D eigenvalue weighted by molar-refractivity contribution is 0.477. The SMILES string of the molecule is CCCCCCn1c2ccccc2c(=O)c2ccc(N3c4ccccc4Oc4ccccc43)cc21. The minimum absolute atomic E-state index is 0.0923. The topological polar surface area (TPSA) is 34.5 Å². The zero-order valence-electron chi connectivity index (χ0n) is 19.9. The molecule has 0 bridgehead atoms. The van der Waals surface area contributed by atoms with Gasteiger partial charge < -0.3 is 14.2 Å². The van der Waals surface area contributed by atoms with E-state index in [0.717, 1.165) is 63.3 Å². The Hall–Kier alpha value is -4.05. The van der Waals surface area contributed by atoms with Crippen molar-refractivity contribution in [3.8, 4) is 11.5 Å². The highest BCUT2D eigenvalue weighted by molar-refractivity contribution is 5.97. The number of pyridine rings is 1. The summed E-state index contributed by atoms with van der Waals surface area (Å²) >= 11 is 0. The van der Waals surface area contributed by atoms with Gasteiger partial charge in [0.2, 0.25) is 0 Å². The van der Waals surface area contributed by atoms with Gasteiger partial charge in [0.25, 0.3) is 0 Å². The summed E-state index contributed by atoms with van der Waals surface area (Å²) < 4.78 is 8.53. The maximum atomic E-state index is 13.5. The predicted molar refractivity (Wildman–Crippen MR) is 145 cm³/mol. The number of hydrogen-bond acceptors (Lipinski definition) is 3. The van der Waals surface area contributed by atoms with E-state index in [-0.39, 0.29) is 5.43 Å². The molecule has 2 heterocycles.